The molecular weight excluding hydrogens is 255 g/mol. The second-order valence-corrected chi connectivity index (χ2v) is 13.1. The molecule has 0 aromatic rings. The fraction of sp³-hybridized carbons (Fsp3) is 1.00. The normalized spacial score (nSPS) is 14.4. The molecule has 0 aliphatic rings. The van der Waals surface area contributed by atoms with Crippen LogP contribution in [0.1, 0.15) is 52.4 Å². The Labute approximate surface area is 103 Å². The molecule has 0 bridgehead atoms. The summed E-state index contributed by atoms with van der Waals surface area (Å²) in [7, 11) is 0. The Morgan fingerprint density at radius 1 is 1.00 bits per heavy atom. The first kappa shape index (κ1) is 15.1. The van der Waals surface area contributed by atoms with E-state index in [0.29, 0.717) is 5.92 Å². The van der Waals surface area contributed by atoms with Gasteiger partial charge in [0.2, 0.25) is 0 Å². The summed E-state index contributed by atoms with van der Waals surface area (Å²) >= 11 is 17.7. The van der Waals surface area contributed by atoms with Gasteiger partial charge in [-0.1, -0.05) is 52.4 Å². The molecule has 0 fully saturated rings. The minimum absolute atomic E-state index is 0.631. The van der Waals surface area contributed by atoms with Crippen LogP contribution < -0.4 is 0 Å². The number of halogens is 3. The number of rotatable bonds is 8. The van der Waals surface area contributed by atoms with Gasteiger partial charge in [-0.05, 0) is 12.0 Å². The van der Waals surface area contributed by atoms with Gasteiger partial charge in [-0.25, -0.2) is 0 Å². The fourth-order valence-corrected chi connectivity index (χ4v) is 4.75. The molecule has 0 aliphatic heterocycles. The third-order valence-electron chi connectivity index (χ3n) is 2.56. The van der Waals surface area contributed by atoms with Crippen molar-refractivity contribution in [2.24, 2.45) is 5.92 Å². The molecule has 86 valence electrons. The van der Waals surface area contributed by atoms with Gasteiger partial charge in [-0.3, -0.25) is 0 Å². The number of hydrogen-bond acceptors (Lipinski definition) is 0. The van der Waals surface area contributed by atoms with Crippen LogP contribution in [0.4, 0.5) is 0 Å². The van der Waals surface area contributed by atoms with Gasteiger partial charge in [0.25, 0.3) is 0 Å². The summed E-state index contributed by atoms with van der Waals surface area (Å²) in [4.78, 5) is 0. The van der Waals surface area contributed by atoms with E-state index in [4.69, 9.17) is 33.2 Å². The van der Waals surface area contributed by atoms with Gasteiger partial charge < -0.3 is 0 Å². The van der Waals surface area contributed by atoms with Gasteiger partial charge >= 0.3 is 6.00 Å². The molecule has 1 unspecified atom stereocenters. The minimum atomic E-state index is -2.39. The van der Waals surface area contributed by atoms with Crippen LogP contribution in [0.5, 0.6) is 0 Å². The maximum absolute atomic E-state index is 5.92. The Morgan fingerprint density at radius 2 is 1.64 bits per heavy atom. The Morgan fingerprint density at radius 3 is 2.07 bits per heavy atom. The highest BCUT2D eigenvalue weighted by atomic mass is 35.8. The molecule has 0 aromatic heterocycles. The molecule has 0 nitrogen and oxygen atoms in total. The van der Waals surface area contributed by atoms with E-state index in [9.17, 15) is 0 Å². The molecule has 0 aromatic carbocycles. The van der Waals surface area contributed by atoms with Gasteiger partial charge in [0.05, 0.1) is 0 Å². The second kappa shape index (κ2) is 8.26. The van der Waals surface area contributed by atoms with Crippen molar-refractivity contribution >= 4 is 39.2 Å². The lowest BCUT2D eigenvalue weighted by Gasteiger charge is -2.17. The molecule has 0 amide bonds. The summed E-state index contributed by atoms with van der Waals surface area (Å²) in [5, 5.41) is 0. The van der Waals surface area contributed by atoms with E-state index in [1.807, 2.05) is 0 Å². The van der Waals surface area contributed by atoms with E-state index >= 15 is 0 Å². The molecule has 0 heterocycles. The molecule has 14 heavy (non-hydrogen) atoms. The molecular formula is C10H21Cl3Si. The first-order valence-corrected chi connectivity index (χ1v) is 10.8. The smallest absolute Gasteiger partial charge is 0.126 e. The van der Waals surface area contributed by atoms with Crippen molar-refractivity contribution in [2.75, 3.05) is 0 Å². The van der Waals surface area contributed by atoms with Crippen molar-refractivity contribution in [1.82, 2.24) is 0 Å². The maximum atomic E-state index is 5.92. The summed E-state index contributed by atoms with van der Waals surface area (Å²) in [6, 6.07) is -1.56. The van der Waals surface area contributed by atoms with Crippen LogP contribution in [0.25, 0.3) is 0 Å². The lowest BCUT2D eigenvalue weighted by atomic mass is 10.0. The first-order valence-electron chi connectivity index (χ1n) is 5.56. The quantitative estimate of drug-likeness (QED) is 0.305. The lowest BCUT2D eigenvalue weighted by molar-refractivity contribution is 0.475. The Hall–Kier alpha value is 1.09. The van der Waals surface area contributed by atoms with Crippen LogP contribution in [0.2, 0.25) is 6.04 Å². The molecule has 0 saturated heterocycles. The Kier molecular flexibility index (Phi) is 8.90. The van der Waals surface area contributed by atoms with Crippen LogP contribution in [-0.4, -0.2) is 6.00 Å². The van der Waals surface area contributed by atoms with Gasteiger partial charge in [0.1, 0.15) is 0 Å². The zero-order valence-corrected chi connectivity index (χ0v) is 12.4. The third kappa shape index (κ3) is 9.63. The van der Waals surface area contributed by atoms with Crippen molar-refractivity contribution in [3.05, 3.63) is 0 Å². The molecule has 0 rings (SSSR count). The molecule has 0 spiro atoms. The van der Waals surface area contributed by atoms with Crippen molar-refractivity contribution in [1.29, 1.82) is 0 Å². The predicted molar refractivity (Wildman–Crippen MR) is 70.7 cm³/mol. The highest BCUT2D eigenvalue weighted by Gasteiger charge is 2.28. The summed E-state index contributed by atoms with van der Waals surface area (Å²) in [6.07, 6.45) is 7.62. The van der Waals surface area contributed by atoms with Crippen molar-refractivity contribution in [2.45, 2.75) is 58.4 Å². The van der Waals surface area contributed by atoms with E-state index in [1.54, 1.807) is 0 Å². The molecule has 0 saturated carbocycles. The van der Waals surface area contributed by atoms with E-state index in [-0.39, 0.29) is 0 Å². The topological polar surface area (TPSA) is 0 Å². The van der Waals surface area contributed by atoms with Crippen LogP contribution in [0.15, 0.2) is 0 Å². The molecule has 1 atom stereocenters. The average Bonchev–Trinajstić information content (AvgIpc) is 2.08. The van der Waals surface area contributed by atoms with E-state index in [1.165, 1.54) is 32.1 Å². The molecule has 4 heteroatoms. The summed E-state index contributed by atoms with van der Waals surface area (Å²) in [5.41, 5.74) is 0. The highest BCUT2D eigenvalue weighted by Crippen LogP contribution is 2.32. The summed E-state index contributed by atoms with van der Waals surface area (Å²) in [6.45, 7) is 4.42. The maximum Gasteiger partial charge on any atom is 0.341 e. The van der Waals surface area contributed by atoms with Gasteiger partial charge in [0, 0.05) is 0 Å². The molecule has 0 N–H and O–H groups in total. The highest BCUT2D eigenvalue weighted by molar-refractivity contribution is 7.64. The third-order valence-corrected chi connectivity index (χ3v) is 4.99. The largest absolute Gasteiger partial charge is 0.341 e. The molecule has 0 aliphatic carbocycles. The zero-order valence-electron chi connectivity index (χ0n) is 9.16. The van der Waals surface area contributed by atoms with Gasteiger partial charge in [-0.2, -0.15) is 0 Å². The summed E-state index contributed by atoms with van der Waals surface area (Å²) < 4.78 is 0. The van der Waals surface area contributed by atoms with Crippen molar-refractivity contribution in [3.63, 3.8) is 0 Å². The van der Waals surface area contributed by atoms with Crippen molar-refractivity contribution in [3.8, 4) is 0 Å². The fourth-order valence-electron chi connectivity index (χ4n) is 1.64. The monoisotopic (exact) mass is 274 g/mol. The second-order valence-electron chi connectivity index (χ2n) is 3.94. The van der Waals surface area contributed by atoms with Crippen LogP contribution in [-0.2, 0) is 0 Å². The number of unbranched alkanes of at least 4 members (excludes halogenated alkanes) is 3. The Balaban J connectivity index is 3.58. The first-order chi connectivity index (χ1) is 6.49. The van der Waals surface area contributed by atoms with Crippen molar-refractivity contribution < 1.29 is 0 Å². The van der Waals surface area contributed by atoms with Gasteiger partial charge in [-0.15, -0.1) is 33.2 Å². The predicted octanol–water partition coefficient (Wildman–Crippen LogP) is 5.64. The van der Waals surface area contributed by atoms with Crippen LogP contribution in [0.3, 0.4) is 0 Å². The SMILES string of the molecule is CCCCCCC(CC)C[Si](Cl)(Cl)Cl. The minimum Gasteiger partial charge on any atom is -0.126 e. The van der Waals surface area contributed by atoms with E-state index < -0.39 is 6.00 Å². The van der Waals surface area contributed by atoms with Crippen LogP contribution in [0, 0.1) is 5.92 Å². The lowest BCUT2D eigenvalue weighted by Crippen LogP contribution is -2.15. The van der Waals surface area contributed by atoms with E-state index in [0.717, 1.165) is 12.5 Å². The zero-order chi connectivity index (χ0) is 11.0. The van der Waals surface area contributed by atoms with Crippen LogP contribution >= 0.6 is 33.2 Å². The standard InChI is InChI=1S/C10H21Cl3Si/c1-3-5-6-7-8-10(4-2)9-14(11,12)13/h10H,3-9H2,1-2H3. The van der Waals surface area contributed by atoms with Gasteiger partial charge in [0.15, 0.2) is 0 Å². The molecule has 0 radical (unpaired) electrons. The summed E-state index contributed by atoms with van der Waals surface area (Å²) in [5.74, 6) is 0.631. The number of hydrogen-bond donors (Lipinski definition) is 0. The van der Waals surface area contributed by atoms with E-state index in [2.05, 4.69) is 13.8 Å². The average molecular weight is 276 g/mol. The Bertz CT molecular complexity index is 134.